The van der Waals surface area contributed by atoms with Crippen molar-refractivity contribution in [1.82, 2.24) is 0 Å². The van der Waals surface area contributed by atoms with Gasteiger partial charge in [-0.05, 0) is 30.5 Å². The first-order valence-electron chi connectivity index (χ1n) is 5.28. The van der Waals surface area contributed by atoms with E-state index in [4.69, 9.17) is 0 Å². The number of benzene rings is 1. The quantitative estimate of drug-likeness (QED) is 0.696. The predicted octanol–water partition coefficient (Wildman–Crippen LogP) is 3.99. The predicted molar refractivity (Wildman–Crippen MR) is 61.3 cm³/mol. The molecular weight excluding hydrogens is 172 g/mol. The van der Waals surface area contributed by atoms with E-state index in [-0.39, 0.29) is 0 Å². The molecular formula is C13H18O. The zero-order valence-corrected chi connectivity index (χ0v) is 8.74. The summed E-state index contributed by atoms with van der Waals surface area (Å²) in [7, 11) is 0. The molecule has 0 atom stereocenters. The van der Waals surface area contributed by atoms with Crippen LogP contribution in [0.4, 0.5) is 0 Å². The lowest BCUT2D eigenvalue weighted by Crippen LogP contribution is -1.73. The fourth-order valence-corrected chi connectivity index (χ4v) is 1.36. The first-order chi connectivity index (χ1) is 6.83. The average Bonchev–Trinajstić information content (AvgIpc) is 2.18. The molecule has 14 heavy (non-hydrogen) atoms. The average molecular weight is 190 g/mol. The molecule has 1 aromatic rings. The Morgan fingerprint density at radius 2 is 2.14 bits per heavy atom. The van der Waals surface area contributed by atoms with Crippen molar-refractivity contribution in [2.24, 2.45) is 0 Å². The summed E-state index contributed by atoms with van der Waals surface area (Å²) in [6.45, 7) is 2.21. The van der Waals surface area contributed by atoms with Crippen LogP contribution in [0.3, 0.4) is 0 Å². The van der Waals surface area contributed by atoms with Crippen LogP contribution in [0.15, 0.2) is 30.3 Å². The maximum atomic E-state index is 9.22. The van der Waals surface area contributed by atoms with E-state index in [1.54, 1.807) is 12.1 Å². The summed E-state index contributed by atoms with van der Waals surface area (Å²) in [5.74, 6) is 0.334. The summed E-state index contributed by atoms with van der Waals surface area (Å²) in [4.78, 5) is 0. The third-order valence-corrected chi connectivity index (χ3v) is 2.15. The summed E-state index contributed by atoms with van der Waals surface area (Å²) in [6.07, 6.45) is 9.18. The zero-order chi connectivity index (χ0) is 10.2. The summed E-state index contributed by atoms with van der Waals surface area (Å²) < 4.78 is 0. The summed E-state index contributed by atoms with van der Waals surface area (Å²) >= 11 is 0. The van der Waals surface area contributed by atoms with Crippen LogP contribution in [0.2, 0.25) is 0 Å². The van der Waals surface area contributed by atoms with Crippen LogP contribution in [0.25, 0.3) is 6.08 Å². The number of hydrogen-bond acceptors (Lipinski definition) is 1. The third-order valence-electron chi connectivity index (χ3n) is 2.15. The summed E-state index contributed by atoms with van der Waals surface area (Å²) in [5.41, 5.74) is 1.07. The standard InChI is InChI=1S/C13H18O/c1-2-3-4-5-6-8-12-9-7-10-13(14)11-12/h6-11,14H,2-5H2,1H3. The van der Waals surface area contributed by atoms with Gasteiger partial charge in [-0.1, -0.05) is 44.1 Å². The lowest BCUT2D eigenvalue weighted by Gasteiger charge is -1.95. The minimum atomic E-state index is 0.334. The van der Waals surface area contributed by atoms with Crippen LogP contribution in [0, 0.1) is 0 Å². The molecule has 1 N–H and O–H groups in total. The number of aromatic hydroxyl groups is 1. The molecule has 0 aliphatic carbocycles. The molecule has 0 bridgehead atoms. The molecule has 1 rings (SSSR count). The van der Waals surface area contributed by atoms with E-state index in [0.717, 1.165) is 12.0 Å². The molecule has 1 aromatic carbocycles. The van der Waals surface area contributed by atoms with E-state index < -0.39 is 0 Å². The SMILES string of the molecule is CCCCCC=Cc1cccc(O)c1. The number of phenols is 1. The number of phenolic OH excluding ortho intramolecular Hbond substituents is 1. The Kier molecular flexibility index (Phi) is 4.84. The third kappa shape index (κ3) is 4.13. The maximum Gasteiger partial charge on any atom is 0.116 e. The Morgan fingerprint density at radius 1 is 1.29 bits per heavy atom. The van der Waals surface area contributed by atoms with Gasteiger partial charge in [-0.25, -0.2) is 0 Å². The fraction of sp³-hybridized carbons (Fsp3) is 0.385. The van der Waals surface area contributed by atoms with Crippen molar-refractivity contribution in [3.05, 3.63) is 35.9 Å². The van der Waals surface area contributed by atoms with Gasteiger partial charge in [-0.3, -0.25) is 0 Å². The van der Waals surface area contributed by atoms with Gasteiger partial charge in [-0.2, -0.15) is 0 Å². The van der Waals surface area contributed by atoms with Gasteiger partial charge < -0.3 is 5.11 Å². The summed E-state index contributed by atoms with van der Waals surface area (Å²) in [5, 5.41) is 9.22. The Bertz CT molecular complexity index is 289. The molecule has 0 heterocycles. The van der Waals surface area contributed by atoms with E-state index in [9.17, 15) is 5.11 Å². The van der Waals surface area contributed by atoms with E-state index in [2.05, 4.69) is 19.1 Å². The number of rotatable bonds is 5. The van der Waals surface area contributed by atoms with E-state index >= 15 is 0 Å². The molecule has 76 valence electrons. The Morgan fingerprint density at radius 3 is 2.86 bits per heavy atom. The van der Waals surface area contributed by atoms with Crippen LogP contribution < -0.4 is 0 Å². The van der Waals surface area contributed by atoms with Crippen molar-refractivity contribution in [3.8, 4) is 5.75 Å². The summed E-state index contributed by atoms with van der Waals surface area (Å²) in [6, 6.07) is 7.32. The zero-order valence-electron chi connectivity index (χ0n) is 8.74. The van der Waals surface area contributed by atoms with Gasteiger partial charge in [0, 0.05) is 0 Å². The van der Waals surface area contributed by atoms with Gasteiger partial charge in [0.1, 0.15) is 5.75 Å². The fourth-order valence-electron chi connectivity index (χ4n) is 1.36. The topological polar surface area (TPSA) is 20.2 Å². The van der Waals surface area contributed by atoms with E-state index in [1.807, 2.05) is 12.1 Å². The number of unbranched alkanes of at least 4 members (excludes halogenated alkanes) is 3. The molecule has 0 radical (unpaired) electrons. The first-order valence-corrected chi connectivity index (χ1v) is 5.28. The van der Waals surface area contributed by atoms with Crippen molar-refractivity contribution in [1.29, 1.82) is 0 Å². The normalized spacial score (nSPS) is 10.9. The molecule has 1 heteroatoms. The van der Waals surface area contributed by atoms with Gasteiger partial charge in [0.25, 0.3) is 0 Å². The van der Waals surface area contributed by atoms with Gasteiger partial charge in [0.2, 0.25) is 0 Å². The second-order valence-electron chi connectivity index (χ2n) is 3.49. The second-order valence-corrected chi connectivity index (χ2v) is 3.49. The lowest BCUT2D eigenvalue weighted by molar-refractivity contribution is 0.475. The van der Waals surface area contributed by atoms with E-state index in [0.29, 0.717) is 5.75 Å². The Balaban J connectivity index is 2.36. The molecule has 1 nitrogen and oxygen atoms in total. The van der Waals surface area contributed by atoms with Crippen LogP contribution >= 0.6 is 0 Å². The van der Waals surface area contributed by atoms with Gasteiger partial charge in [0.15, 0.2) is 0 Å². The van der Waals surface area contributed by atoms with Gasteiger partial charge in [0.05, 0.1) is 0 Å². The lowest BCUT2D eigenvalue weighted by atomic mass is 10.1. The largest absolute Gasteiger partial charge is 0.508 e. The van der Waals surface area contributed by atoms with Crippen LogP contribution in [0.5, 0.6) is 5.75 Å². The highest BCUT2D eigenvalue weighted by molar-refractivity contribution is 5.51. The highest BCUT2D eigenvalue weighted by Crippen LogP contribution is 2.12. The van der Waals surface area contributed by atoms with Gasteiger partial charge >= 0.3 is 0 Å². The maximum absolute atomic E-state index is 9.22. The van der Waals surface area contributed by atoms with Crippen molar-refractivity contribution >= 4 is 6.08 Å². The van der Waals surface area contributed by atoms with Crippen LogP contribution in [-0.2, 0) is 0 Å². The van der Waals surface area contributed by atoms with Crippen molar-refractivity contribution in [2.75, 3.05) is 0 Å². The number of hydrogen-bond donors (Lipinski definition) is 1. The molecule has 0 unspecified atom stereocenters. The minimum Gasteiger partial charge on any atom is -0.508 e. The molecule has 0 aliphatic heterocycles. The Labute approximate surface area is 86.1 Å². The van der Waals surface area contributed by atoms with E-state index in [1.165, 1.54) is 19.3 Å². The van der Waals surface area contributed by atoms with Crippen LogP contribution in [-0.4, -0.2) is 5.11 Å². The molecule has 0 spiro atoms. The highest BCUT2D eigenvalue weighted by atomic mass is 16.3. The minimum absolute atomic E-state index is 0.334. The van der Waals surface area contributed by atoms with Crippen molar-refractivity contribution in [2.45, 2.75) is 32.6 Å². The van der Waals surface area contributed by atoms with Crippen molar-refractivity contribution in [3.63, 3.8) is 0 Å². The monoisotopic (exact) mass is 190 g/mol. The smallest absolute Gasteiger partial charge is 0.116 e. The number of allylic oxidation sites excluding steroid dienone is 1. The molecule has 0 aliphatic rings. The van der Waals surface area contributed by atoms with Crippen molar-refractivity contribution < 1.29 is 5.11 Å². The van der Waals surface area contributed by atoms with Gasteiger partial charge in [-0.15, -0.1) is 0 Å². The first kappa shape index (κ1) is 10.8. The molecule has 0 saturated heterocycles. The molecule has 0 saturated carbocycles. The van der Waals surface area contributed by atoms with Crippen LogP contribution in [0.1, 0.15) is 38.2 Å². The Hall–Kier alpha value is -1.24. The highest BCUT2D eigenvalue weighted by Gasteiger charge is 1.88. The molecule has 0 amide bonds. The second kappa shape index (κ2) is 6.25. The molecule has 0 fully saturated rings. The molecule has 0 aromatic heterocycles.